The van der Waals surface area contributed by atoms with Gasteiger partial charge in [0.1, 0.15) is 0 Å². The zero-order valence-corrected chi connectivity index (χ0v) is 17.6. The number of fused-ring (bicyclic) bond motifs is 1. The molecule has 22 heavy (non-hydrogen) atoms. The third kappa shape index (κ3) is 5.66. The van der Waals surface area contributed by atoms with Crippen LogP contribution in [0.5, 0.6) is 0 Å². The standard InChI is InChI=1S/C16H19.C3H6.2ClH.Zr/c1-2-12-11-14-9-5-6-10-15(14)16(12)13-7-3-4-8-13;1-3-2;;;/h3-8,10,12-14H,2,9,11H2,1H3;1-2H3;2*1H;/q-1;;;;+2/p-2. The molecule has 3 rings (SSSR count). The molecule has 2 unspecified atom stereocenters. The second kappa shape index (κ2) is 10.8. The zero-order valence-electron chi connectivity index (χ0n) is 13.7. The Kier molecular flexibility index (Phi) is 10.9. The van der Waals surface area contributed by atoms with Crippen LogP contribution in [0.3, 0.4) is 0 Å². The second-order valence-corrected chi connectivity index (χ2v) is 8.53. The summed E-state index contributed by atoms with van der Waals surface area (Å²) in [6.45, 7) is 6.58. The van der Waals surface area contributed by atoms with Crippen molar-refractivity contribution in [1.29, 1.82) is 0 Å². The first-order chi connectivity index (χ1) is 9.63. The van der Waals surface area contributed by atoms with Crippen molar-refractivity contribution in [2.24, 2.45) is 17.8 Å². The Morgan fingerprint density at radius 3 is 2.32 bits per heavy atom. The van der Waals surface area contributed by atoms with Crippen molar-refractivity contribution in [3.05, 3.63) is 54.0 Å². The molecule has 0 radical (unpaired) electrons. The van der Waals surface area contributed by atoms with Gasteiger partial charge >= 0.3 is 41.3 Å². The Morgan fingerprint density at radius 2 is 1.77 bits per heavy atom. The van der Waals surface area contributed by atoms with E-state index in [9.17, 15) is 0 Å². The first-order valence-corrected chi connectivity index (χ1v) is 8.97. The van der Waals surface area contributed by atoms with Crippen LogP contribution in [0.2, 0.25) is 0 Å². The molecule has 0 nitrogen and oxygen atoms in total. The van der Waals surface area contributed by atoms with E-state index in [4.69, 9.17) is 0 Å². The molecule has 0 spiro atoms. The van der Waals surface area contributed by atoms with E-state index in [1.165, 1.54) is 22.5 Å². The zero-order chi connectivity index (χ0) is 14.5. The van der Waals surface area contributed by atoms with Gasteiger partial charge in [-0.1, -0.05) is 50.0 Å². The number of hydrogen-bond acceptors (Lipinski definition) is 0. The van der Waals surface area contributed by atoms with Crippen molar-refractivity contribution < 1.29 is 49.0 Å². The van der Waals surface area contributed by atoms with E-state index in [-0.39, 0.29) is 24.8 Å². The van der Waals surface area contributed by atoms with Crippen molar-refractivity contribution >= 4 is 3.21 Å². The van der Waals surface area contributed by atoms with Gasteiger partial charge in [0, 0.05) is 0 Å². The summed E-state index contributed by atoms with van der Waals surface area (Å²) < 4.78 is 1.51. The largest absolute Gasteiger partial charge is 1.00 e. The molecule has 1 saturated carbocycles. The van der Waals surface area contributed by atoms with Gasteiger partial charge in [0.2, 0.25) is 0 Å². The molecule has 0 heterocycles. The summed E-state index contributed by atoms with van der Waals surface area (Å²) in [7, 11) is 0. The first kappa shape index (κ1) is 22.2. The van der Waals surface area contributed by atoms with E-state index in [2.05, 4.69) is 63.3 Å². The molecular formula is C19H25Cl2Zr-. The molecule has 0 saturated heterocycles. The third-order valence-corrected chi connectivity index (χ3v) is 4.21. The van der Waals surface area contributed by atoms with Crippen molar-refractivity contribution in [2.75, 3.05) is 0 Å². The monoisotopic (exact) mass is 413 g/mol. The summed E-state index contributed by atoms with van der Waals surface area (Å²) in [5.74, 6) is 3.93. The Bertz CT molecular complexity index is 458. The molecule has 0 aromatic rings. The number of hydrogen-bond donors (Lipinski definition) is 0. The van der Waals surface area contributed by atoms with Gasteiger partial charge in [-0.2, -0.15) is 5.92 Å². The average Bonchev–Trinajstić information content (AvgIpc) is 3.04. The van der Waals surface area contributed by atoms with Gasteiger partial charge in [-0.05, 0) is 18.3 Å². The van der Waals surface area contributed by atoms with Crippen LogP contribution in [0, 0.1) is 23.7 Å². The van der Waals surface area contributed by atoms with Gasteiger partial charge in [0.15, 0.2) is 0 Å². The fourth-order valence-electron chi connectivity index (χ4n) is 3.43. The Morgan fingerprint density at radius 1 is 1.18 bits per heavy atom. The van der Waals surface area contributed by atoms with Crippen LogP contribution in [0.4, 0.5) is 0 Å². The molecule has 0 bridgehead atoms. The SMILES string of the molecule is CCC1CC2CC=CC=C2[C-]1C1C=CC=C1.C[C](C)=[Zr+2].[Cl-].[Cl-]. The fourth-order valence-corrected chi connectivity index (χ4v) is 3.43. The van der Waals surface area contributed by atoms with E-state index in [0.29, 0.717) is 5.92 Å². The Balaban J connectivity index is 0.000000665. The maximum Gasteiger partial charge on any atom is -1.00 e. The van der Waals surface area contributed by atoms with E-state index < -0.39 is 0 Å². The van der Waals surface area contributed by atoms with Crippen LogP contribution in [-0.2, 0) is 24.2 Å². The minimum absolute atomic E-state index is 0. The van der Waals surface area contributed by atoms with Gasteiger partial charge in [-0.25, -0.2) is 11.6 Å². The van der Waals surface area contributed by atoms with Crippen molar-refractivity contribution in [1.82, 2.24) is 0 Å². The number of halogens is 2. The molecule has 1 fully saturated rings. The van der Waals surface area contributed by atoms with E-state index in [1.54, 1.807) is 35.7 Å². The van der Waals surface area contributed by atoms with Gasteiger partial charge in [0.25, 0.3) is 0 Å². The average molecular weight is 416 g/mol. The molecular weight excluding hydrogens is 390 g/mol. The van der Waals surface area contributed by atoms with E-state index in [1.807, 2.05) is 0 Å². The molecule has 2 atom stereocenters. The third-order valence-electron chi connectivity index (χ3n) is 4.21. The Hall–Kier alpha value is 0.163. The molecule has 0 N–H and O–H groups in total. The van der Waals surface area contributed by atoms with Gasteiger partial charge in [-0.3, -0.25) is 0 Å². The van der Waals surface area contributed by atoms with E-state index >= 15 is 0 Å². The van der Waals surface area contributed by atoms with Crippen molar-refractivity contribution in [3.8, 4) is 0 Å². The summed E-state index contributed by atoms with van der Waals surface area (Å²) in [4.78, 5) is 0. The molecule has 3 aliphatic rings. The van der Waals surface area contributed by atoms with Crippen molar-refractivity contribution in [3.63, 3.8) is 0 Å². The molecule has 0 amide bonds. The number of allylic oxidation sites excluding steroid dienone is 8. The topological polar surface area (TPSA) is 0 Å². The van der Waals surface area contributed by atoms with Crippen LogP contribution in [0.15, 0.2) is 48.1 Å². The van der Waals surface area contributed by atoms with E-state index in [0.717, 1.165) is 11.8 Å². The predicted molar refractivity (Wildman–Crippen MR) is 85.1 cm³/mol. The summed E-state index contributed by atoms with van der Waals surface area (Å²) in [6.07, 6.45) is 19.9. The summed E-state index contributed by atoms with van der Waals surface area (Å²) in [6, 6.07) is 0. The maximum atomic E-state index is 2.36. The molecule has 0 aliphatic heterocycles. The van der Waals surface area contributed by atoms with Gasteiger partial charge < -0.3 is 24.8 Å². The van der Waals surface area contributed by atoms with Crippen LogP contribution >= 0.6 is 0 Å². The summed E-state index contributed by atoms with van der Waals surface area (Å²) in [5, 5.41) is 0. The number of rotatable bonds is 2. The predicted octanol–water partition coefficient (Wildman–Crippen LogP) is -1.01. The smallest absolute Gasteiger partial charge is 1.00 e. The Labute approximate surface area is 163 Å². The summed E-state index contributed by atoms with van der Waals surface area (Å²) in [5.41, 5.74) is 1.65. The van der Waals surface area contributed by atoms with Gasteiger partial charge in [-0.15, -0.1) is 12.2 Å². The van der Waals surface area contributed by atoms with Crippen LogP contribution in [-0.4, -0.2) is 3.21 Å². The quantitative estimate of drug-likeness (QED) is 0.507. The second-order valence-electron chi connectivity index (χ2n) is 6.07. The van der Waals surface area contributed by atoms with Crippen molar-refractivity contribution in [2.45, 2.75) is 40.0 Å². The molecule has 3 aliphatic carbocycles. The van der Waals surface area contributed by atoms with Crippen LogP contribution in [0.1, 0.15) is 40.0 Å². The maximum absolute atomic E-state index is 2.36. The van der Waals surface area contributed by atoms with Gasteiger partial charge in [0.05, 0.1) is 0 Å². The van der Waals surface area contributed by atoms with Crippen LogP contribution in [0.25, 0.3) is 0 Å². The molecule has 3 heteroatoms. The minimum Gasteiger partial charge on any atom is -1.00 e. The minimum atomic E-state index is 0. The fraction of sp³-hybridized carbons (Fsp3) is 0.474. The molecule has 0 aromatic heterocycles. The summed E-state index contributed by atoms with van der Waals surface area (Å²) >= 11 is 1.55. The molecule has 0 aromatic carbocycles. The first-order valence-electron chi connectivity index (χ1n) is 7.74. The normalized spacial score (nSPS) is 24.8. The van der Waals surface area contributed by atoms with Crippen LogP contribution < -0.4 is 24.8 Å². The molecule has 120 valence electrons.